The Morgan fingerprint density at radius 3 is 1.13 bits per heavy atom. The van der Waals surface area contributed by atoms with E-state index in [1.54, 1.807) is 3.71 Å². The number of imidazole rings is 2. The molecule has 0 bridgehead atoms. The summed E-state index contributed by atoms with van der Waals surface area (Å²) in [5.74, 6) is 2.00. The number of hydrogen-bond acceptors (Lipinski definition) is 4. The first-order chi connectivity index (χ1) is 49.9. The Balaban J connectivity index is 0.000000163. The van der Waals surface area contributed by atoms with E-state index in [-0.39, 0.29) is 30.1 Å². The van der Waals surface area contributed by atoms with Crippen LogP contribution in [0.2, 0.25) is 13.3 Å². The summed E-state index contributed by atoms with van der Waals surface area (Å²) in [6.45, 7) is 19.8. The molecule has 2 saturated heterocycles. The van der Waals surface area contributed by atoms with E-state index >= 15 is 0 Å². The predicted molar refractivity (Wildman–Crippen MR) is 440 cm³/mol. The van der Waals surface area contributed by atoms with Crippen LogP contribution in [0, 0.1) is 27.2 Å². The third-order valence-corrected chi connectivity index (χ3v) is 40.0. The van der Waals surface area contributed by atoms with Crippen LogP contribution in [0.1, 0.15) is 190 Å². The maximum absolute atomic E-state index is 13.5. The van der Waals surface area contributed by atoms with Crippen molar-refractivity contribution in [3.05, 3.63) is 304 Å². The summed E-state index contributed by atoms with van der Waals surface area (Å²) in [6.07, 6.45) is 26.0. The van der Waals surface area contributed by atoms with Crippen molar-refractivity contribution < 1.29 is 9.59 Å². The first-order valence-corrected chi connectivity index (χ1v) is 47.3. The number of benzene rings is 8. The minimum atomic E-state index is -2.83. The zero-order valence-corrected chi connectivity index (χ0v) is 66.8. The van der Waals surface area contributed by atoms with Gasteiger partial charge in [0.2, 0.25) is 11.8 Å². The van der Waals surface area contributed by atoms with Gasteiger partial charge in [0.1, 0.15) is 5.54 Å². The van der Waals surface area contributed by atoms with Crippen molar-refractivity contribution in [2.24, 2.45) is 23.7 Å². The number of carbonyl (C=O) groups is 2. The number of halogens is 1. The van der Waals surface area contributed by atoms with Gasteiger partial charge < -0.3 is 14.4 Å². The fourth-order valence-electron chi connectivity index (χ4n) is 18.1. The second kappa shape index (κ2) is 35.2. The Bertz CT molecular complexity index is 4060. The monoisotopic (exact) mass is 1590 g/mol. The molecule has 538 valence electrons. The fraction of sp³-hybridized carbons (Fsp3) is 0.398. The van der Waals surface area contributed by atoms with Gasteiger partial charge in [-0.2, -0.15) is 0 Å². The standard InChI is InChI=1S/C40H41N3O.C22H17N2.C18H24INO.3C4H9.CH4.Sn/c1-3-4-5-15-25-42-28-35-37(38(42)44)39(35,2)34-24-16-17-30(26-34)36-27-41-29-43(36)40(31-18-9-6-10-19-31,32-20-11-7-12-21-32)33-22-13-8-14-23-33;1-4-10-19(11-5-1)22(24-17-16-23-18-24,20-12-6-2-7-13-20)21-14-8-3-9-15-21;1-3-4-5-6-10-20-12-15-16(17(20)21)18(15,2)13-8-7-9-14(19)11-13;3*1-3-4-2;;/h6-14,16-24,26-27,29,35,37H,3-5,15,25,28H2,1-2H3;1-16,18H;7-9,11,15-16H,3-6,10,12H2,1-2H3;3*1,3-4H2,2H3;1H4;. The molecule has 10 aromatic rings. The minimum absolute atomic E-state index is 0. The number of carbonyl (C=O) groups excluding carboxylic acids is 2. The van der Waals surface area contributed by atoms with E-state index < -0.39 is 29.5 Å². The molecule has 8 aromatic carbocycles. The second-order valence-electron chi connectivity index (χ2n) is 30.0. The molecule has 2 aliphatic carbocycles. The van der Waals surface area contributed by atoms with Gasteiger partial charge in [-0.3, -0.25) is 9.59 Å². The number of piperidine rings is 2. The summed E-state index contributed by atoms with van der Waals surface area (Å²) in [7, 11) is 0. The van der Waals surface area contributed by atoms with E-state index in [1.165, 1.54) is 145 Å². The third-order valence-electron chi connectivity index (χ3n) is 23.9. The molecule has 2 aliphatic heterocycles. The number of amides is 2. The van der Waals surface area contributed by atoms with Gasteiger partial charge in [-0.05, 0) is 93.3 Å². The molecule has 2 amide bonds. The van der Waals surface area contributed by atoms with Crippen LogP contribution >= 0.6 is 22.6 Å². The van der Waals surface area contributed by atoms with E-state index in [1.807, 2.05) is 12.5 Å². The van der Waals surface area contributed by atoms with Crippen molar-refractivity contribution in [1.82, 2.24) is 28.9 Å². The number of rotatable bonds is 31. The molecule has 14 rings (SSSR count). The van der Waals surface area contributed by atoms with E-state index in [4.69, 9.17) is 9.97 Å². The molecule has 10 heteroatoms. The average molecular weight is 1590 g/mol. The molecule has 2 aromatic heterocycles. The Morgan fingerprint density at radius 2 is 0.767 bits per heavy atom. The van der Waals surface area contributed by atoms with Gasteiger partial charge in [0.15, 0.2) is 0 Å². The number of aromatic nitrogens is 4. The van der Waals surface area contributed by atoms with Gasteiger partial charge in [0, 0.05) is 46.1 Å². The molecule has 0 radical (unpaired) electrons. The van der Waals surface area contributed by atoms with Crippen molar-refractivity contribution >= 4 is 56.5 Å². The van der Waals surface area contributed by atoms with Crippen molar-refractivity contribution in [2.75, 3.05) is 26.2 Å². The number of likely N-dealkylation sites (tertiary alicyclic amines) is 2. The van der Waals surface area contributed by atoms with Crippen LogP contribution in [0.4, 0.5) is 0 Å². The quantitative estimate of drug-likeness (QED) is 0.0188. The van der Waals surface area contributed by atoms with Crippen LogP contribution in [0.3, 0.4) is 0 Å². The molecule has 103 heavy (non-hydrogen) atoms. The van der Waals surface area contributed by atoms with Gasteiger partial charge in [-0.25, -0.2) is 4.98 Å². The molecule has 0 N–H and O–H groups in total. The van der Waals surface area contributed by atoms with Gasteiger partial charge in [0.25, 0.3) is 0 Å². The molecule has 2 saturated carbocycles. The predicted octanol–water partition coefficient (Wildman–Crippen LogP) is 21.9. The van der Waals surface area contributed by atoms with Crippen LogP contribution in [0.5, 0.6) is 0 Å². The van der Waals surface area contributed by atoms with Gasteiger partial charge >= 0.3 is 230 Å². The molecule has 4 heterocycles. The van der Waals surface area contributed by atoms with Crippen molar-refractivity contribution in [1.29, 1.82) is 0 Å². The topological polar surface area (TPSA) is 76.3 Å². The van der Waals surface area contributed by atoms with Gasteiger partial charge in [-0.1, -0.05) is 195 Å². The van der Waals surface area contributed by atoms with Crippen molar-refractivity contribution in [3.8, 4) is 11.3 Å². The normalized spacial score (nSPS) is 19.5. The molecule has 6 unspecified atom stereocenters. The molecular formula is C93H113IN6O2Sn. The SMILES string of the molecule is C.CCCCCCN1CC2C(C1=O)C2(C)c1cccc(-c2cncn2C(c2ccccc2)(c2ccccc2)c2ccccc2)c1.CCCCCCN1CC2C(C1=O)C2(C)c1cccc(I)c1.CCC[CH2][Sn]([CH2]CCC)([CH2]CCC)[c]1cncn1C(c1ccccc1)(c1ccccc1)c1ccccc1. The Labute approximate surface area is 635 Å². The number of fused-ring (bicyclic) bond motifs is 2. The van der Waals surface area contributed by atoms with Gasteiger partial charge in [0.05, 0.1) is 30.1 Å². The molecular weight excluding hydrogens is 1480 g/mol. The third kappa shape index (κ3) is 15.4. The molecule has 4 aliphatic rings. The van der Waals surface area contributed by atoms with Crippen molar-refractivity contribution in [2.45, 2.75) is 181 Å². The molecule has 4 fully saturated rings. The van der Waals surface area contributed by atoms with Crippen LogP contribution < -0.4 is 3.71 Å². The number of unbranched alkanes of at least 4 members (excludes halogenated alkanes) is 9. The summed E-state index contributed by atoms with van der Waals surface area (Å²) in [4.78, 5) is 40.1. The maximum atomic E-state index is 13.5. The first-order valence-electron chi connectivity index (χ1n) is 38.7. The molecule has 6 atom stereocenters. The van der Waals surface area contributed by atoms with Crippen LogP contribution in [-0.4, -0.2) is 85.3 Å². The van der Waals surface area contributed by atoms with Crippen LogP contribution in [0.25, 0.3) is 11.3 Å². The second-order valence-corrected chi connectivity index (χ2v) is 44.3. The summed E-state index contributed by atoms with van der Waals surface area (Å²) in [5, 5.41) is 0. The van der Waals surface area contributed by atoms with E-state index in [2.05, 4.69) is 333 Å². The van der Waals surface area contributed by atoms with E-state index in [0.29, 0.717) is 23.7 Å². The van der Waals surface area contributed by atoms with Crippen molar-refractivity contribution in [3.63, 3.8) is 0 Å². The van der Waals surface area contributed by atoms with Crippen LogP contribution in [0.15, 0.2) is 256 Å². The summed E-state index contributed by atoms with van der Waals surface area (Å²) in [6, 6.07) is 83.1. The Morgan fingerprint density at radius 1 is 0.417 bits per heavy atom. The van der Waals surface area contributed by atoms with Gasteiger partial charge in [-0.15, -0.1) is 0 Å². The van der Waals surface area contributed by atoms with E-state index in [0.717, 1.165) is 43.9 Å². The summed E-state index contributed by atoms with van der Waals surface area (Å²) < 4.78 is 12.1. The zero-order valence-electron chi connectivity index (χ0n) is 61.8. The average Bonchev–Trinajstić information content (AvgIpc) is 1.44. The zero-order chi connectivity index (χ0) is 71.2. The number of nitrogens with zero attached hydrogens (tertiary/aromatic N) is 6. The Hall–Kier alpha value is -7.35. The Kier molecular flexibility index (Phi) is 26.2. The fourth-order valence-corrected chi connectivity index (χ4v) is 34.9. The first kappa shape index (κ1) is 76.8. The summed E-state index contributed by atoms with van der Waals surface area (Å²) >= 11 is -0.475. The summed E-state index contributed by atoms with van der Waals surface area (Å²) in [5.41, 5.74) is 11.0. The van der Waals surface area contributed by atoms with E-state index in [9.17, 15) is 9.59 Å². The number of hydrogen-bond donors (Lipinski definition) is 0. The van der Waals surface area contributed by atoms with Crippen LogP contribution in [-0.2, 0) is 31.5 Å². The molecule has 0 spiro atoms. The molecule has 8 nitrogen and oxygen atoms in total.